The number of carbonyl (C=O) groups is 1. The third-order valence-corrected chi connectivity index (χ3v) is 6.02. The zero-order valence-corrected chi connectivity index (χ0v) is 16.6. The summed E-state index contributed by atoms with van der Waals surface area (Å²) in [5.41, 5.74) is 2.56. The molecular formula is C20H21IN4O. The lowest BCUT2D eigenvalue weighted by Crippen LogP contribution is -2.35. The molecule has 1 saturated carbocycles. The molecule has 0 aliphatic heterocycles. The van der Waals surface area contributed by atoms with Crippen LogP contribution in [0.5, 0.6) is 0 Å². The van der Waals surface area contributed by atoms with Crippen LogP contribution in [-0.4, -0.2) is 21.1 Å². The van der Waals surface area contributed by atoms with Crippen molar-refractivity contribution < 1.29 is 4.79 Å². The lowest BCUT2D eigenvalue weighted by molar-refractivity contribution is 0.0911. The topological polar surface area (TPSA) is 70.7 Å². The van der Waals surface area contributed by atoms with Crippen molar-refractivity contribution in [1.82, 2.24) is 20.5 Å². The summed E-state index contributed by atoms with van der Waals surface area (Å²) in [7, 11) is 0. The van der Waals surface area contributed by atoms with Crippen molar-refractivity contribution in [3.8, 4) is 0 Å². The number of halogens is 1. The highest BCUT2D eigenvalue weighted by molar-refractivity contribution is 14.1. The molecular weight excluding hydrogens is 439 g/mol. The number of benzene rings is 1. The third kappa shape index (κ3) is 3.60. The van der Waals surface area contributed by atoms with Gasteiger partial charge >= 0.3 is 0 Å². The number of amides is 1. The minimum Gasteiger partial charge on any atom is -0.343 e. The molecule has 26 heavy (non-hydrogen) atoms. The summed E-state index contributed by atoms with van der Waals surface area (Å²) >= 11 is 2.18. The number of rotatable bonds is 4. The van der Waals surface area contributed by atoms with Gasteiger partial charge in [-0.05, 0) is 71.7 Å². The second-order valence-corrected chi connectivity index (χ2v) is 7.90. The maximum atomic E-state index is 13.0. The summed E-state index contributed by atoms with van der Waals surface area (Å²) in [6.45, 7) is 0. The van der Waals surface area contributed by atoms with Gasteiger partial charge in [0.25, 0.3) is 5.91 Å². The molecule has 0 saturated heterocycles. The van der Waals surface area contributed by atoms with Crippen LogP contribution in [0.4, 0.5) is 0 Å². The molecule has 2 heterocycles. The first-order valence-corrected chi connectivity index (χ1v) is 10.2. The van der Waals surface area contributed by atoms with Gasteiger partial charge in [0.15, 0.2) is 0 Å². The van der Waals surface area contributed by atoms with Gasteiger partial charge in [-0.3, -0.25) is 14.9 Å². The number of pyridine rings is 1. The number of nitrogens with zero attached hydrogens (tertiary/aromatic N) is 2. The minimum absolute atomic E-state index is 0.0388. The van der Waals surface area contributed by atoms with E-state index in [4.69, 9.17) is 0 Å². The van der Waals surface area contributed by atoms with Crippen LogP contribution in [0.3, 0.4) is 0 Å². The normalized spacial score (nSPS) is 16.5. The summed E-state index contributed by atoms with van der Waals surface area (Å²) in [5, 5.41) is 11.4. The molecule has 3 aromatic rings. The summed E-state index contributed by atoms with van der Waals surface area (Å²) in [6, 6.07) is 11.6. The first-order chi connectivity index (χ1) is 12.7. The maximum Gasteiger partial charge on any atom is 0.251 e. The van der Waals surface area contributed by atoms with Crippen LogP contribution in [0.25, 0.3) is 10.9 Å². The third-order valence-electron chi connectivity index (χ3n) is 5.19. The average molecular weight is 460 g/mol. The minimum atomic E-state index is -0.0508. The number of hydrogen-bond acceptors (Lipinski definition) is 3. The summed E-state index contributed by atoms with van der Waals surface area (Å²) < 4.78 is 0.876. The smallest absolute Gasteiger partial charge is 0.251 e. The van der Waals surface area contributed by atoms with E-state index in [1.165, 1.54) is 19.3 Å². The second kappa shape index (κ2) is 7.73. The highest BCUT2D eigenvalue weighted by Gasteiger charge is 2.27. The van der Waals surface area contributed by atoms with Gasteiger partial charge in [-0.1, -0.05) is 25.3 Å². The van der Waals surface area contributed by atoms with Crippen LogP contribution >= 0.6 is 22.6 Å². The van der Waals surface area contributed by atoms with Crippen LogP contribution in [0, 0.1) is 9.62 Å². The van der Waals surface area contributed by atoms with Crippen molar-refractivity contribution >= 4 is 39.4 Å². The number of fused-ring (bicyclic) bond motifs is 1. The zero-order valence-electron chi connectivity index (χ0n) is 14.4. The molecule has 1 aliphatic carbocycles. The lowest BCUT2D eigenvalue weighted by atomic mass is 9.82. The van der Waals surface area contributed by atoms with Gasteiger partial charge in [0.1, 0.15) is 3.70 Å². The van der Waals surface area contributed by atoms with Crippen molar-refractivity contribution in [3.05, 3.63) is 57.6 Å². The fraction of sp³-hybridized carbons (Fsp3) is 0.350. The molecule has 2 N–H and O–H groups in total. The van der Waals surface area contributed by atoms with Gasteiger partial charge in [0.05, 0.1) is 17.3 Å². The molecule has 0 spiro atoms. The highest BCUT2D eigenvalue weighted by Crippen LogP contribution is 2.34. The van der Waals surface area contributed by atoms with Gasteiger partial charge < -0.3 is 5.32 Å². The number of aromatic amines is 1. The van der Waals surface area contributed by atoms with Gasteiger partial charge in [-0.25, -0.2) is 0 Å². The molecule has 1 fully saturated rings. The number of aromatic nitrogens is 3. The van der Waals surface area contributed by atoms with Crippen LogP contribution in [0.2, 0.25) is 0 Å². The maximum absolute atomic E-state index is 13.0. The predicted octanol–water partition coefficient (Wildman–Crippen LogP) is 4.61. The van der Waals surface area contributed by atoms with E-state index >= 15 is 0 Å². The van der Waals surface area contributed by atoms with Gasteiger partial charge in [-0.15, -0.1) is 0 Å². The van der Waals surface area contributed by atoms with Crippen molar-refractivity contribution in [2.75, 3.05) is 0 Å². The monoisotopic (exact) mass is 460 g/mol. The molecule has 1 atom stereocenters. The Kier molecular flexibility index (Phi) is 5.19. The second-order valence-electron chi connectivity index (χ2n) is 6.88. The van der Waals surface area contributed by atoms with Crippen LogP contribution in [0.15, 0.2) is 42.6 Å². The van der Waals surface area contributed by atoms with Gasteiger partial charge in [0, 0.05) is 17.1 Å². The first-order valence-electron chi connectivity index (χ1n) is 9.08. The van der Waals surface area contributed by atoms with E-state index in [1.54, 1.807) is 6.20 Å². The van der Waals surface area contributed by atoms with Crippen molar-refractivity contribution in [1.29, 1.82) is 0 Å². The lowest BCUT2D eigenvalue weighted by Gasteiger charge is -2.30. The molecule has 1 amide bonds. The Hall–Kier alpha value is -1.96. The van der Waals surface area contributed by atoms with E-state index in [1.807, 2.05) is 36.4 Å². The average Bonchev–Trinajstić information content (AvgIpc) is 3.07. The van der Waals surface area contributed by atoms with Crippen LogP contribution < -0.4 is 5.32 Å². The zero-order chi connectivity index (χ0) is 17.9. The van der Waals surface area contributed by atoms with E-state index in [-0.39, 0.29) is 11.9 Å². The van der Waals surface area contributed by atoms with Crippen molar-refractivity contribution in [2.24, 2.45) is 5.92 Å². The van der Waals surface area contributed by atoms with Gasteiger partial charge in [-0.2, -0.15) is 5.10 Å². The van der Waals surface area contributed by atoms with Crippen LogP contribution in [0.1, 0.15) is 54.2 Å². The molecule has 6 heteroatoms. The molecule has 1 aliphatic rings. The van der Waals surface area contributed by atoms with E-state index < -0.39 is 0 Å². The molecule has 5 nitrogen and oxygen atoms in total. The fourth-order valence-corrected chi connectivity index (χ4v) is 4.38. The molecule has 1 unspecified atom stereocenters. The molecule has 134 valence electrons. The highest BCUT2D eigenvalue weighted by atomic mass is 127. The number of nitrogens with one attached hydrogen (secondary N) is 2. The van der Waals surface area contributed by atoms with Crippen LogP contribution in [-0.2, 0) is 0 Å². The largest absolute Gasteiger partial charge is 0.343 e. The molecule has 1 aromatic carbocycles. The molecule has 0 bridgehead atoms. The summed E-state index contributed by atoms with van der Waals surface area (Å²) in [6.07, 6.45) is 7.82. The predicted molar refractivity (Wildman–Crippen MR) is 110 cm³/mol. The van der Waals surface area contributed by atoms with Crippen molar-refractivity contribution in [3.63, 3.8) is 0 Å². The Morgan fingerprint density at radius 3 is 2.81 bits per heavy atom. The summed E-state index contributed by atoms with van der Waals surface area (Å²) in [4.78, 5) is 17.5. The standard InChI is InChI=1S/C20H21IN4O/c21-19-15-12-14(9-10-16(15)24-25-19)20(26)23-18(13-6-2-1-3-7-13)17-8-4-5-11-22-17/h4-5,8-13,18H,1-3,6-7H2,(H,23,26)(H,24,25). The van der Waals surface area contributed by atoms with Gasteiger partial charge in [0.2, 0.25) is 0 Å². The Morgan fingerprint density at radius 1 is 1.19 bits per heavy atom. The van der Waals surface area contributed by atoms with E-state index in [0.717, 1.165) is 33.1 Å². The fourth-order valence-electron chi connectivity index (χ4n) is 3.81. The first kappa shape index (κ1) is 17.5. The number of H-pyrrole nitrogens is 1. The molecule has 4 rings (SSSR count). The van der Waals surface area contributed by atoms with E-state index in [0.29, 0.717) is 11.5 Å². The quantitative estimate of drug-likeness (QED) is 0.559. The van der Waals surface area contributed by atoms with Crippen molar-refractivity contribution in [2.45, 2.75) is 38.1 Å². The number of carbonyl (C=O) groups excluding carboxylic acids is 1. The molecule has 0 radical (unpaired) electrons. The Balaban J connectivity index is 1.61. The summed E-state index contributed by atoms with van der Waals surface area (Å²) in [5.74, 6) is 0.394. The van der Waals surface area contributed by atoms with E-state index in [9.17, 15) is 4.79 Å². The Morgan fingerprint density at radius 2 is 2.04 bits per heavy atom. The number of hydrogen-bond donors (Lipinski definition) is 2. The van der Waals surface area contributed by atoms with E-state index in [2.05, 4.69) is 43.1 Å². The Bertz CT molecular complexity index is 903. The SMILES string of the molecule is O=C(NC(c1ccccn1)C1CCCCC1)c1ccc2[nH]nc(I)c2c1. The Labute approximate surface area is 166 Å². The molecule has 2 aromatic heterocycles.